The molecule has 104 valence electrons. The monoisotopic (exact) mass is 280 g/mol. The zero-order valence-electron chi connectivity index (χ0n) is 10.1. The van der Waals surface area contributed by atoms with Crippen LogP contribution in [0, 0.1) is 21.7 Å². The van der Waals surface area contributed by atoms with Crippen molar-refractivity contribution < 1.29 is 13.7 Å². The molecule has 0 unspecified atom stereocenters. The Labute approximate surface area is 112 Å². The van der Waals surface area contributed by atoms with Crippen molar-refractivity contribution in [2.75, 3.05) is 10.7 Å². The fourth-order valence-corrected chi connectivity index (χ4v) is 1.69. The maximum absolute atomic E-state index is 13.1. The largest absolute Gasteiger partial charge is 0.350 e. The number of para-hydroxylation sites is 1. The summed E-state index contributed by atoms with van der Waals surface area (Å²) < 4.78 is 25.9. The van der Waals surface area contributed by atoms with Crippen molar-refractivity contribution in [1.82, 2.24) is 0 Å². The van der Waals surface area contributed by atoms with Crippen molar-refractivity contribution in [2.45, 2.75) is 0 Å². The van der Waals surface area contributed by atoms with E-state index in [2.05, 4.69) is 10.7 Å². The van der Waals surface area contributed by atoms with Gasteiger partial charge in [0.2, 0.25) is 0 Å². The highest BCUT2D eigenvalue weighted by molar-refractivity contribution is 5.79. The standard InChI is InChI=1S/C12H10F2N4O2/c13-8-5-4-7(6-9(8)14)16-10-2-1-3-11(17-15)12(10)18(19)20/h1-6,16-17H,15H2. The lowest BCUT2D eigenvalue weighted by atomic mass is 10.2. The normalized spacial score (nSPS) is 10.2. The van der Waals surface area contributed by atoms with Crippen LogP contribution in [0.2, 0.25) is 0 Å². The molecule has 0 amide bonds. The summed E-state index contributed by atoms with van der Waals surface area (Å²) in [5, 5.41) is 13.7. The SMILES string of the molecule is NNc1cccc(Nc2ccc(F)c(F)c2)c1[N+](=O)[O-]. The van der Waals surface area contributed by atoms with Gasteiger partial charge >= 0.3 is 5.69 Å². The molecule has 0 aromatic heterocycles. The fraction of sp³-hybridized carbons (Fsp3) is 0. The van der Waals surface area contributed by atoms with Crippen LogP contribution in [0.1, 0.15) is 0 Å². The second-order valence-corrected chi connectivity index (χ2v) is 3.86. The van der Waals surface area contributed by atoms with E-state index in [0.29, 0.717) is 0 Å². The van der Waals surface area contributed by atoms with E-state index in [-0.39, 0.29) is 22.7 Å². The molecule has 6 nitrogen and oxygen atoms in total. The lowest BCUT2D eigenvalue weighted by molar-refractivity contribution is -0.383. The summed E-state index contributed by atoms with van der Waals surface area (Å²) in [6.07, 6.45) is 0. The summed E-state index contributed by atoms with van der Waals surface area (Å²) in [6, 6.07) is 7.49. The number of anilines is 3. The first-order valence-corrected chi connectivity index (χ1v) is 5.49. The van der Waals surface area contributed by atoms with E-state index in [1.54, 1.807) is 0 Å². The first-order valence-electron chi connectivity index (χ1n) is 5.49. The first-order chi connectivity index (χ1) is 9.52. The molecule has 0 radical (unpaired) electrons. The number of hydrogen-bond acceptors (Lipinski definition) is 5. The van der Waals surface area contributed by atoms with Crippen LogP contribution in [0.4, 0.5) is 31.5 Å². The van der Waals surface area contributed by atoms with E-state index in [0.717, 1.165) is 12.1 Å². The highest BCUT2D eigenvalue weighted by Gasteiger charge is 2.19. The Morgan fingerprint density at radius 2 is 1.80 bits per heavy atom. The Bertz CT molecular complexity index is 664. The van der Waals surface area contributed by atoms with Crippen LogP contribution in [0.5, 0.6) is 0 Å². The van der Waals surface area contributed by atoms with Crippen molar-refractivity contribution in [3.8, 4) is 0 Å². The van der Waals surface area contributed by atoms with Crippen LogP contribution >= 0.6 is 0 Å². The van der Waals surface area contributed by atoms with E-state index in [1.807, 2.05) is 0 Å². The molecule has 0 aliphatic carbocycles. The summed E-state index contributed by atoms with van der Waals surface area (Å²) in [5.74, 6) is 3.15. The van der Waals surface area contributed by atoms with Gasteiger partial charge in [0, 0.05) is 11.8 Å². The minimum atomic E-state index is -1.05. The van der Waals surface area contributed by atoms with Crippen LogP contribution in [-0.4, -0.2) is 4.92 Å². The van der Waals surface area contributed by atoms with Gasteiger partial charge in [0.25, 0.3) is 0 Å². The number of nitrogens with zero attached hydrogens (tertiary/aromatic N) is 1. The quantitative estimate of drug-likeness (QED) is 0.455. The van der Waals surface area contributed by atoms with Gasteiger partial charge in [-0.05, 0) is 24.3 Å². The molecule has 0 atom stereocenters. The number of nitrogen functional groups attached to an aromatic ring is 1. The van der Waals surface area contributed by atoms with E-state index < -0.39 is 16.6 Å². The maximum Gasteiger partial charge on any atom is 0.316 e. The molecule has 2 aromatic carbocycles. The number of benzene rings is 2. The van der Waals surface area contributed by atoms with Crippen molar-refractivity contribution in [2.24, 2.45) is 5.84 Å². The Morgan fingerprint density at radius 3 is 2.40 bits per heavy atom. The number of halogens is 2. The van der Waals surface area contributed by atoms with E-state index in [4.69, 9.17) is 5.84 Å². The lowest BCUT2D eigenvalue weighted by Gasteiger charge is -2.10. The van der Waals surface area contributed by atoms with Crippen molar-refractivity contribution >= 4 is 22.7 Å². The average Bonchev–Trinajstić information content (AvgIpc) is 2.42. The summed E-state index contributed by atoms with van der Waals surface area (Å²) >= 11 is 0. The van der Waals surface area contributed by atoms with Gasteiger partial charge in [-0.2, -0.15) is 0 Å². The molecule has 0 bridgehead atoms. The second-order valence-electron chi connectivity index (χ2n) is 3.86. The fourth-order valence-electron chi connectivity index (χ4n) is 1.69. The minimum absolute atomic E-state index is 0.0996. The number of hydrogen-bond donors (Lipinski definition) is 3. The zero-order valence-corrected chi connectivity index (χ0v) is 10.1. The van der Waals surface area contributed by atoms with Gasteiger partial charge < -0.3 is 10.7 Å². The third-order valence-electron chi connectivity index (χ3n) is 2.57. The minimum Gasteiger partial charge on any atom is -0.350 e. The molecule has 0 saturated heterocycles. The molecule has 8 heteroatoms. The van der Waals surface area contributed by atoms with Crippen molar-refractivity contribution in [3.05, 3.63) is 58.1 Å². The second kappa shape index (κ2) is 5.49. The summed E-state index contributed by atoms with van der Waals surface area (Å²) in [5.41, 5.74) is 2.31. The smallest absolute Gasteiger partial charge is 0.316 e. The first kappa shape index (κ1) is 13.7. The molecule has 0 saturated carbocycles. The predicted octanol–water partition coefficient (Wildman–Crippen LogP) is 2.90. The van der Waals surface area contributed by atoms with Gasteiger partial charge in [-0.15, -0.1) is 0 Å². The highest BCUT2D eigenvalue weighted by Crippen LogP contribution is 2.34. The van der Waals surface area contributed by atoms with E-state index >= 15 is 0 Å². The van der Waals surface area contributed by atoms with E-state index in [9.17, 15) is 18.9 Å². The van der Waals surface area contributed by atoms with Gasteiger partial charge in [0.1, 0.15) is 11.4 Å². The maximum atomic E-state index is 13.1. The molecule has 0 aliphatic heterocycles. The molecule has 20 heavy (non-hydrogen) atoms. The number of nitro groups is 1. The highest BCUT2D eigenvalue weighted by atomic mass is 19.2. The van der Waals surface area contributed by atoms with Gasteiger partial charge in [0.15, 0.2) is 11.6 Å². The van der Waals surface area contributed by atoms with Crippen molar-refractivity contribution in [3.63, 3.8) is 0 Å². The molecule has 2 rings (SSSR count). The Morgan fingerprint density at radius 1 is 1.10 bits per heavy atom. The molecule has 2 aromatic rings. The van der Waals surface area contributed by atoms with E-state index in [1.165, 1.54) is 24.3 Å². The molecule has 0 fully saturated rings. The van der Waals surface area contributed by atoms with Gasteiger partial charge in [0.05, 0.1) is 4.92 Å². The van der Waals surface area contributed by atoms with Crippen LogP contribution in [-0.2, 0) is 0 Å². The molecule has 0 heterocycles. The molecule has 0 spiro atoms. The summed E-state index contributed by atoms with van der Waals surface area (Å²) in [7, 11) is 0. The lowest BCUT2D eigenvalue weighted by Crippen LogP contribution is -2.10. The third kappa shape index (κ3) is 2.64. The van der Waals surface area contributed by atoms with Gasteiger partial charge in [-0.25, -0.2) is 8.78 Å². The van der Waals surface area contributed by atoms with Crippen LogP contribution in [0.15, 0.2) is 36.4 Å². The van der Waals surface area contributed by atoms with Crippen LogP contribution in [0.3, 0.4) is 0 Å². The average molecular weight is 280 g/mol. The van der Waals surface area contributed by atoms with Gasteiger partial charge in [-0.3, -0.25) is 16.0 Å². The number of rotatable bonds is 4. The molecule has 4 N–H and O–H groups in total. The molecular weight excluding hydrogens is 270 g/mol. The number of nitrogens with one attached hydrogen (secondary N) is 2. The zero-order chi connectivity index (χ0) is 14.7. The summed E-state index contributed by atoms with van der Waals surface area (Å²) in [6.45, 7) is 0. The molecular formula is C12H10F2N4O2. The Balaban J connectivity index is 2.42. The Kier molecular flexibility index (Phi) is 3.76. The third-order valence-corrected chi connectivity index (χ3v) is 2.57. The Hall–Kier alpha value is -2.74. The topological polar surface area (TPSA) is 93.2 Å². The van der Waals surface area contributed by atoms with Gasteiger partial charge in [-0.1, -0.05) is 6.07 Å². The number of hydrazine groups is 1. The van der Waals surface area contributed by atoms with Crippen LogP contribution < -0.4 is 16.6 Å². The molecule has 0 aliphatic rings. The summed E-state index contributed by atoms with van der Waals surface area (Å²) in [4.78, 5) is 10.4. The van der Waals surface area contributed by atoms with Crippen LogP contribution in [0.25, 0.3) is 0 Å². The number of nitro benzene ring substituents is 1. The van der Waals surface area contributed by atoms with Crippen molar-refractivity contribution in [1.29, 1.82) is 0 Å². The predicted molar refractivity (Wildman–Crippen MR) is 70.5 cm³/mol. The number of nitrogens with two attached hydrogens (primary N) is 1.